The summed E-state index contributed by atoms with van der Waals surface area (Å²) in [5.41, 5.74) is 4.30. The van der Waals surface area contributed by atoms with Crippen LogP contribution in [0.2, 0.25) is 0 Å². The predicted octanol–water partition coefficient (Wildman–Crippen LogP) is 2.48. The van der Waals surface area contributed by atoms with E-state index in [-0.39, 0.29) is 5.91 Å². The van der Waals surface area contributed by atoms with E-state index in [1.54, 1.807) is 17.1 Å². The first kappa shape index (κ1) is 14.8. The number of fused-ring (bicyclic) bond motifs is 1. The van der Waals surface area contributed by atoms with Crippen molar-refractivity contribution >= 4 is 16.9 Å². The van der Waals surface area contributed by atoms with Gasteiger partial charge in [-0.15, -0.1) is 0 Å². The van der Waals surface area contributed by atoms with Gasteiger partial charge in [0, 0.05) is 37.6 Å². The molecule has 0 aromatic carbocycles. The maximum atomic E-state index is 12.8. The quantitative estimate of drug-likeness (QED) is 0.801. The fourth-order valence-electron chi connectivity index (χ4n) is 3.01. The summed E-state index contributed by atoms with van der Waals surface area (Å²) in [6.45, 7) is 2.39. The molecule has 3 aromatic rings. The predicted molar refractivity (Wildman–Crippen MR) is 90.6 cm³/mol. The first-order valence-corrected chi connectivity index (χ1v) is 8.15. The van der Waals surface area contributed by atoms with Gasteiger partial charge >= 0.3 is 0 Å². The Morgan fingerprint density at radius 3 is 2.79 bits per heavy atom. The van der Waals surface area contributed by atoms with Crippen LogP contribution in [0.15, 0.2) is 30.6 Å². The Morgan fingerprint density at radius 2 is 2.08 bits per heavy atom. The first-order chi connectivity index (χ1) is 11.6. The number of carbonyl (C=O) groups is 1. The Kier molecular flexibility index (Phi) is 3.52. The highest BCUT2D eigenvalue weighted by Gasteiger charge is 2.28. The molecule has 6 heteroatoms. The van der Waals surface area contributed by atoms with Crippen LogP contribution in [0.25, 0.3) is 11.0 Å². The van der Waals surface area contributed by atoms with Crippen LogP contribution in [0, 0.1) is 6.92 Å². The summed E-state index contributed by atoms with van der Waals surface area (Å²) in [5, 5.41) is 8.28. The van der Waals surface area contributed by atoms with Gasteiger partial charge in [0.25, 0.3) is 5.91 Å². The minimum absolute atomic E-state index is 0.0859. The van der Waals surface area contributed by atoms with Gasteiger partial charge in [-0.05, 0) is 43.5 Å². The van der Waals surface area contributed by atoms with Crippen LogP contribution in [0.5, 0.6) is 0 Å². The third kappa shape index (κ3) is 2.64. The van der Waals surface area contributed by atoms with Crippen LogP contribution in [-0.2, 0) is 13.6 Å². The van der Waals surface area contributed by atoms with Crippen LogP contribution in [0.3, 0.4) is 0 Å². The summed E-state index contributed by atoms with van der Waals surface area (Å²) in [4.78, 5) is 21.5. The van der Waals surface area contributed by atoms with Crippen molar-refractivity contribution < 1.29 is 4.79 Å². The minimum Gasteiger partial charge on any atom is -0.348 e. The zero-order chi connectivity index (χ0) is 16.7. The summed E-state index contributed by atoms with van der Waals surface area (Å²) in [6, 6.07) is 5.73. The molecular weight excluding hydrogens is 302 g/mol. The molecule has 1 amide bonds. The van der Waals surface area contributed by atoms with Crippen LogP contribution in [-0.4, -0.2) is 25.7 Å². The van der Waals surface area contributed by atoms with Gasteiger partial charge in [-0.1, -0.05) is 0 Å². The second-order valence-corrected chi connectivity index (χ2v) is 6.31. The number of rotatable bonds is 4. The third-order valence-corrected chi connectivity index (χ3v) is 4.43. The number of pyridine rings is 2. The smallest absolute Gasteiger partial charge is 0.252 e. The third-order valence-electron chi connectivity index (χ3n) is 4.43. The van der Waals surface area contributed by atoms with Crippen molar-refractivity contribution in [1.82, 2.24) is 25.1 Å². The molecule has 1 saturated carbocycles. The van der Waals surface area contributed by atoms with Crippen LogP contribution < -0.4 is 5.32 Å². The summed E-state index contributed by atoms with van der Waals surface area (Å²) in [7, 11) is 1.87. The number of amides is 1. The Hall–Kier alpha value is -2.76. The Bertz CT molecular complexity index is 912. The Morgan fingerprint density at radius 1 is 1.33 bits per heavy atom. The van der Waals surface area contributed by atoms with E-state index < -0.39 is 0 Å². The summed E-state index contributed by atoms with van der Waals surface area (Å²) < 4.78 is 1.76. The second kappa shape index (κ2) is 5.70. The maximum absolute atomic E-state index is 12.8. The summed E-state index contributed by atoms with van der Waals surface area (Å²) in [6.07, 6.45) is 5.74. The highest BCUT2D eigenvalue weighted by molar-refractivity contribution is 6.06. The van der Waals surface area contributed by atoms with Gasteiger partial charge in [0.15, 0.2) is 5.65 Å². The van der Waals surface area contributed by atoms with Crippen molar-refractivity contribution in [2.24, 2.45) is 7.05 Å². The molecule has 1 aliphatic rings. The largest absolute Gasteiger partial charge is 0.348 e. The highest BCUT2D eigenvalue weighted by Crippen LogP contribution is 2.40. The molecule has 1 aliphatic carbocycles. The van der Waals surface area contributed by atoms with Crippen molar-refractivity contribution in [3.05, 3.63) is 53.1 Å². The van der Waals surface area contributed by atoms with E-state index in [4.69, 9.17) is 4.98 Å². The van der Waals surface area contributed by atoms with Crippen molar-refractivity contribution in [3.63, 3.8) is 0 Å². The number of carbonyl (C=O) groups excluding carboxylic acids is 1. The molecule has 1 fully saturated rings. The van der Waals surface area contributed by atoms with Crippen molar-refractivity contribution in [2.45, 2.75) is 32.2 Å². The number of nitrogens with zero attached hydrogens (tertiary/aromatic N) is 4. The lowest BCUT2D eigenvalue weighted by Crippen LogP contribution is -2.23. The molecule has 0 unspecified atom stereocenters. The van der Waals surface area contributed by atoms with E-state index in [1.165, 1.54) is 0 Å². The maximum Gasteiger partial charge on any atom is 0.252 e. The van der Waals surface area contributed by atoms with Gasteiger partial charge in [0.2, 0.25) is 0 Å². The Balaban J connectivity index is 1.70. The second-order valence-electron chi connectivity index (χ2n) is 6.31. The molecule has 4 rings (SSSR count). The van der Waals surface area contributed by atoms with Gasteiger partial charge in [-0.25, -0.2) is 4.98 Å². The number of aryl methyl sites for hydroxylation is 2. The molecule has 122 valence electrons. The van der Waals surface area contributed by atoms with Crippen molar-refractivity contribution in [2.75, 3.05) is 0 Å². The lowest BCUT2D eigenvalue weighted by atomic mass is 10.1. The van der Waals surface area contributed by atoms with Crippen LogP contribution in [0.4, 0.5) is 0 Å². The molecule has 1 N–H and O–H groups in total. The van der Waals surface area contributed by atoms with Gasteiger partial charge in [-0.2, -0.15) is 5.10 Å². The van der Waals surface area contributed by atoms with E-state index >= 15 is 0 Å². The van der Waals surface area contributed by atoms with Crippen LogP contribution in [0.1, 0.15) is 46.1 Å². The van der Waals surface area contributed by atoms with E-state index in [9.17, 15) is 4.79 Å². The molecule has 3 heterocycles. The minimum atomic E-state index is -0.0859. The fraction of sp³-hybridized carbons (Fsp3) is 0.333. The summed E-state index contributed by atoms with van der Waals surface area (Å²) >= 11 is 0. The molecule has 0 radical (unpaired) electrons. The fourth-order valence-corrected chi connectivity index (χ4v) is 3.01. The first-order valence-electron chi connectivity index (χ1n) is 8.15. The number of aromatic nitrogens is 4. The van der Waals surface area contributed by atoms with Gasteiger partial charge in [0.1, 0.15) is 0 Å². The van der Waals surface area contributed by atoms with E-state index in [0.29, 0.717) is 18.0 Å². The van der Waals surface area contributed by atoms with Crippen molar-refractivity contribution in [3.8, 4) is 0 Å². The molecule has 6 nitrogen and oxygen atoms in total. The van der Waals surface area contributed by atoms with Crippen LogP contribution >= 0.6 is 0 Å². The molecule has 24 heavy (non-hydrogen) atoms. The van der Waals surface area contributed by atoms with Gasteiger partial charge in [-0.3, -0.25) is 14.5 Å². The Labute approximate surface area is 139 Å². The number of hydrogen-bond acceptors (Lipinski definition) is 4. The lowest BCUT2D eigenvalue weighted by molar-refractivity contribution is 0.0952. The SMILES string of the molecule is Cc1nn(C)c2nc(C3CC3)cc(C(=O)NCc3ccncc3)c12. The standard InChI is InChI=1S/C18H19N5O/c1-11-16-14(18(24)20-10-12-5-7-19-8-6-12)9-15(13-3-4-13)21-17(16)23(2)22-11/h5-9,13H,3-4,10H2,1-2H3,(H,20,24). The van der Waals surface area contributed by atoms with Gasteiger partial charge < -0.3 is 5.32 Å². The topological polar surface area (TPSA) is 72.7 Å². The lowest BCUT2D eigenvalue weighted by Gasteiger charge is -2.09. The average Bonchev–Trinajstić information content (AvgIpc) is 3.40. The van der Waals surface area contributed by atoms with Gasteiger partial charge in [0.05, 0.1) is 16.6 Å². The monoisotopic (exact) mass is 321 g/mol. The number of nitrogens with one attached hydrogen (secondary N) is 1. The van der Waals surface area contributed by atoms with E-state index in [0.717, 1.165) is 40.8 Å². The molecular formula is C18H19N5O. The molecule has 3 aromatic heterocycles. The highest BCUT2D eigenvalue weighted by atomic mass is 16.1. The van der Waals surface area contributed by atoms with E-state index in [2.05, 4.69) is 15.4 Å². The molecule has 0 saturated heterocycles. The van der Waals surface area contributed by atoms with E-state index in [1.807, 2.05) is 32.2 Å². The molecule has 0 spiro atoms. The van der Waals surface area contributed by atoms with Crippen molar-refractivity contribution in [1.29, 1.82) is 0 Å². The molecule has 0 aliphatic heterocycles. The zero-order valence-electron chi connectivity index (χ0n) is 13.8. The average molecular weight is 321 g/mol. The summed E-state index contributed by atoms with van der Waals surface area (Å²) in [5.74, 6) is 0.397. The molecule has 0 atom stereocenters. The normalized spacial score (nSPS) is 14.1. The molecule has 0 bridgehead atoms. The zero-order valence-corrected chi connectivity index (χ0v) is 13.8. The number of hydrogen-bond donors (Lipinski definition) is 1.